The summed E-state index contributed by atoms with van der Waals surface area (Å²) in [6, 6.07) is 7.02. The van der Waals surface area contributed by atoms with Crippen molar-refractivity contribution in [2.45, 2.75) is 13.5 Å². The van der Waals surface area contributed by atoms with Crippen LogP contribution in [0.25, 0.3) is 0 Å². The molecule has 3 N–H and O–H groups in total. The summed E-state index contributed by atoms with van der Waals surface area (Å²) in [5.41, 5.74) is 6.24. The average molecular weight is 327 g/mol. The van der Waals surface area contributed by atoms with E-state index in [1.165, 1.54) is 0 Å². The highest BCUT2D eigenvalue weighted by Crippen LogP contribution is 2.26. The summed E-state index contributed by atoms with van der Waals surface area (Å²) in [7, 11) is 0. The normalized spacial score (nSPS) is 12.2. The van der Waals surface area contributed by atoms with Crippen LogP contribution in [0.1, 0.15) is 12.5 Å². The number of amides is 1. The lowest BCUT2D eigenvalue weighted by atomic mass is 10.2. The largest absolute Gasteiger partial charge is 0.330 e. The number of rotatable bonds is 5. The standard InChI is InChI=1S/C14H16Cl2N4O/c1-9(7-17)14(21)19-13-5-6-18-20(13)8-10-11(15)3-2-4-12(10)16/h2-6,9H,7-8,17H2,1H3,(H,19,21). The molecule has 0 radical (unpaired) electrons. The molecular formula is C14H16Cl2N4O. The van der Waals surface area contributed by atoms with Crippen molar-refractivity contribution in [1.29, 1.82) is 0 Å². The van der Waals surface area contributed by atoms with E-state index in [-0.39, 0.29) is 18.4 Å². The van der Waals surface area contributed by atoms with Gasteiger partial charge in [-0.15, -0.1) is 0 Å². The Balaban J connectivity index is 2.19. The molecular weight excluding hydrogens is 311 g/mol. The van der Waals surface area contributed by atoms with Gasteiger partial charge in [0.05, 0.1) is 12.7 Å². The fourth-order valence-electron chi connectivity index (χ4n) is 1.75. The van der Waals surface area contributed by atoms with E-state index in [4.69, 9.17) is 28.9 Å². The molecule has 0 fully saturated rings. The number of halogens is 2. The van der Waals surface area contributed by atoms with E-state index < -0.39 is 0 Å². The third kappa shape index (κ3) is 3.75. The number of hydrogen-bond acceptors (Lipinski definition) is 3. The molecule has 1 aromatic heterocycles. The van der Waals surface area contributed by atoms with Crippen molar-refractivity contribution in [3.8, 4) is 0 Å². The third-order valence-corrected chi connectivity index (χ3v) is 3.85. The first-order valence-corrected chi connectivity index (χ1v) is 7.24. The van der Waals surface area contributed by atoms with E-state index in [0.29, 0.717) is 22.4 Å². The molecule has 0 spiro atoms. The van der Waals surface area contributed by atoms with Crippen LogP contribution >= 0.6 is 23.2 Å². The molecule has 0 bridgehead atoms. The Bertz CT molecular complexity index is 621. The number of hydrogen-bond donors (Lipinski definition) is 2. The predicted octanol–water partition coefficient (Wildman–Crippen LogP) is 2.77. The molecule has 1 aromatic carbocycles. The number of aromatic nitrogens is 2. The number of nitrogens with zero attached hydrogens (tertiary/aromatic N) is 2. The zero-order valence-corrected chi connectivity index (χ0v) is 13.0. The van der Waals surface area contributed by atoms with Crippen LogP contribution in [-0.4, -0.2) is 22.2 Å². The summed E-state index contributed by atoms with van der Waals surface area (Å²) >= 11 is 12.3. The summed E-state index contributed by atoms with van der Waals surface area (Å²) in [5, 5.41) is 8.10. The van der Waals surface area contributed by atoms with Crippen molar-refractivity contribution < 1.29 is 4.79 Å². The smallest absolute Gasteiger partial charge is 0.229 e. The number of carbonyl (C=O) groups is 1. The van der Waals surface area contributed by atoms with Crippen molar-refractivity contribution in [1.82, 2.24) is 9.78 Å². The van der Waals surface area contributed by atoms with E-state index >= 15 is 0 Å². The molecule has 1 atom stereocenters. The van der Waals surface area contributed by atoms with Gasteiger partial charge < -0.3 is 11.1 Å². The van der Waals surface area contributed by atoms with Crippen LogP contribution in [0, 0.1) is 5.92 Å². The molecule has 2 rings (SSSR count). The Labute approximate surface area is 133 Å². The van der Waals surface area contributed by atoms with Gasteiger partial charge in [-0.3, -0.25) is 4.79 Å². The van der Waals surface area contributed by atoms with Gasteiger partial charge in [0, 0.05) is 34.1 Å². The van der Waals surface area contributed by atoms with Gasteiger partial charge in [-0.2, -0.15) is 5.10 Å². The minimum atomic E-state index is -0.266. The lowest BCUT2D eigenvalue weighted by Crippen LogP contribution is -2.27. The Hall–Kier alpha value is -1.56. The maximum absolute atomic E-state index is 11.9. The highest BCUT2D eigenvalue weighted by molar-refractivity contribution is 6.35. The SMILES string of the molecule is CC(CN)C(=O)Nc1ccnn1Cc1c(Cl)cccc1Cl. The molecule has 0 aliphatic rings. The summed E-state index contributed by atoms with van der Waals surface area (Å²) < 4.78 is 1.63. The van der Waals surface area contributed by atoms with Crippen LogP contribution in [0.2, 0.25) is 10.0 Å². The molecule has 0 saturated carbocycles. The maximum atomic E-state index is 11.9. The highest BCUT2D eigenvalue weighted by Gasteiger charge is 2.14. The van der Waals surface area contributed by atoms with Gasteiger partial charge >= 0.3 is 0 Å². The van der Waals surface area contributed by atoms with Crippen molar-refractivity contribution in [3.63, 3.8) is 0 Å². The molecule has 7 heteroatoms. The first-order chi connectivity index (χ1) is 10.0. The van der Waals surface area contributed by atoms with Crippen molar-refractivity contribution in [2.75, 3.05) is 11.9 Å². The minimum absolute atomic E-state index is 0.149. The molecule has 0 aliphatic heterocycles. The van der Waals surface area contributed by atoms with Crippen LogP contribution in [-0.2, 0) is 11.3 Å². The van der Waals surface area contributed by atoms with Crippen LogP contribution in [0.4, 0.5) is 5.82 Å². The van der Waals surface area contributed by atoms with E-state index in [1.807, 2.05) is 0 Å². The van der Waals surface area contributed by atoms with Crippen LogP contribution in [0.15, 0.2) is 30.5 Å². The zero-order chi connectivity index (χ0) is 15.4. The Morgan fingerprint density at radius 3 is 2.67 bits per heavy atom. The van der Waals surface area contributed by atoms with Crippen LogP contribution in [0.5, 0.6) is 0 Å². The number of anilines is 1. The topological polar surface area (TPSA) is 72.9 Å². The van der Waals surface area contributed by atoms with E-state index in [2.05, 4.69) is 10.4 Å². The van der Waals surface area contributed by atoms with E-state index in [9.17, 15) is 4.79 Å². The lowest BCUT2D eigenvalue weighted by molar-refractivity contribution is -0.119. The van der Waals surface area contributed by atoms with Gasteiger partial charge in [0.2, 0.25) is 5.91 Å². The summed E-state index contributed by atoms with van der Waals surface area (Å²) in [6.45, 7) is 2.43. The fraction of sp³-hybridized carbons (Fsp3) is 0.286. The number of carbonyl (C=O) groups excluding carboxylic acids is 1. The van der Waals surface area contributed by atoms with Gasteiger partial charge in [0.1, 0.15) is 5.82 Å². The zero-order valence-electron chi connectivity index (χ0n) is 11.5. The van der Waals surface area contributed by atoms with Gasteiger partial charge in [0.15, 0.2) is 0 Å². The number of benzene rings is 1. The quantitative estimate of drug-likeness (QED) is 0.887. The van der Waals surface area contributed by atoms with Gasteiger partial charge in [-0.05, 0) is 12.1 Å². The lowest BCUT2D eigenvalue weighted by Gasteiger charge is -2.13. The molecule has 1 amide bonds. The van der Waals surface area contributed by atoms with Gasteiger partial charge in [-0.1, -0.05) is 36.2 Å². The number of nitrogens with one attached hydrogen (secondary N) is 1. The minimum Gasteiger partial charge on any atom is -0.330 e. The summed E-state index contributed by atoms with van der Waals surface area (Å²) in [5.74, 6) is 0.165. The second kappa shape index (κ2) is 6.93. The van der Waals surface area contributed by atoms with Crippen LogP contribution < -0.4 is 11.1 Å². The average Bonchev–Trinajstić information content (AvgIpc) is 2.89. The Morgan fingerprint density at radius 1 is 1.38 bits per heavy atom. The monoisotopic (exact) mass is 326 g/mol. The first kappa shape index (κ1) is 15.8. The van der Waals surface area contributed by atoms with E-state index in [1.54, 1.807) is 42.1 Å². The Morgan fingerprint density at radius 2 is 2.05 bits per heavy atom. The second-order valence-electron chi connectivity index (χ2n) is 4.70. The van der Waals surface area contributed by atoms with Gasteiger partial charge in [-0.25, -0.2) is 4.68 Å². The summed E-state index contributed by atoms with van der Waals surface area (Å²) in [6.07, 6.45) is 1.60. The number of nitrogens with two attached hydrogens (primary N) is 1. The third-order valence-electron chi connectivity index (χ3n) is 3.14. The Kier molecular flexibility index (Phi) is 5.22. The molecule has 2 aromatic rings. The molecule has 0 saturated heterocycles. The molecule has 1 heterocycles. The predicted molar refractivity (Wildman–Crippen MR) is 84.6 cm³/mol. The molecule has 5 nitrogen and oxygen atoms in total. The van der Waals surface area contributed by atoms with Crippen molar-refractivity contribution in [3.05, 3.63) is 46.1 Å². The van der Waals surface area contributed by atoms with Crippen LogP contribution in [0.3, 0.4) is 0 Å². The second-order valence-corrected chi connectivity index (χ2v) is 5.51. The molecule has 0 aliphatic carbocycles. The highest BCUT2D eigenvalue weighted by atomic mass is 35.5. The van der Waals surface area contributed by atoms with Crippen molar-refractivity contribution >= 4 is 34.9 Å². The summed E-state index contributed by atoms with van der Waals surface area (Å²) in [4.78, 5) is 11.9. The molecule has 1 unspecified atom stereocenters. The molecule has 112 valence electrons. The maximum Gasteiger partial charge on any atom is 0.229 e. The fourth-order valence-corrected chi connectivity index (χ4v) is 2.27. The van der Waals surface area contributed by atoms with Crippen molar-refractivity contribution in [2.24, 2.45) is 11.7 Å². The molecule has 21 heavy (non-hydrogen) atoms. The first-order valence-electron chi connectivity index (χ1n) is 6.48. The van der Waals surface area contributed by atoms with Gasteiger partial charge in [0.25, 0.3) is 0 Å². The van der Waals surface area contributed by atoms with E-state index in [0.717, 1.165) is 5.56 Å².